The number of carbonyl (C=O) groups is 1. The van der Waals surface area contributed by atoms with Gasteiger partial charge in [-0.1, -0.05) is 26.7 Å². The monoisotopic (exact) mass is 322 g/mol. The van der Waals surface area contributed by atoms with Crippen LogP contribution in [0.3, 0.4) is 0 Å². The summed E-state index contributed by atoms with van der Waals surface area (Å²) in [6, 6.07) is 5.78. The summed E-state index contributed by atoms with van der Waals surface area (Å²) in [5, 5.41) is 5.71. The van der Waals surface area contributed by atoms with Gasteiger partial charge in [-0.05, 0) is 43.5 Å². The number of anilines is 1. The third-order valence-electron chi connectivity index (χ3n) is 3.33. The van der Waals surface area contributed by atoms with Gasteiger partial charge in [0, 0.05) is 11.7 Å². The highest BCUT2D eigenvalue weighted by molar-refractivity contribution is 5.93. The lowest BCUT2D eigenvalue weighted by Crippen LogP contribution is -2.39. The number of guanidine groups is 1. The average molecular weight is 322 g/mol. The lowest BCUT2D eigenvalue weighted by Gasteiger charge is -2.15. The lowest BCUT2D eigenvalue weighted by atomic mass is 10.0. The predicted octanol–water partition coefficient (Wildman–Crippen LogP) is 2.88. The molecule has 1 unspecified atom stereocenters. The van der Waals surface area contributed by atoms with E-state index in [1.807, 2.05) is 6.92 Å². The van der Waals surface area contributed by atoms with Crippen molar-refractivity contribution in [2.24, 2.45) is 16.6 Å². The first-order valence-electron chi connectivity index (χ1n) is 7.98. The van der Waals surface area contributed by atoms with Crippen LogP contribution in [0.2, 0.25) is 0 Å². The molecule has 1 amide bonds. The molecule has 5 nitrogen and oxygen atoms in total. The number of hydrogen-bond acceptors (Lipinski definition) is 2. The van der Waals surface area contributed by atoms with Crippen molar-refractivity contribution in [2.45, 2.75) is 46.1 Å². The normalized spacial score (nSPS) is 13.0. The standard InChI is InChI=1S/C17H27FN4O/c1-12(2)5-4-6-13(3)21-17(19)20-11-16(23)22-15-9-7-14(18)8-10-15/h7-10,12-13H,4-6,11H2,1-3H3,(H,22,23)(H3,19,20,21). The van der Waals surface area contributed by atoms with Crippen LogP contribution in [0.15, 0.2) is 29.3 Å². The molecule has 0 aliphatic heterocycles. The molecule has 1 atom stereocenters. The Labute approximate surface area is 137 Å². The third kappa shape index (κ3) is 8.80. The van der Waals surface area contributed by atoms with E-state index in [-0.39, 0.29) is 30.3 Å². The predicted molar refractivity (Wildman–Crippen MR) is 92.8 cm³/mol. The largest absolute Gasteiger partial charge is 0.370 e. The zero-order valence-corrected chi connectivity index (χ0v) is 14.1. The van der Waals surface area contributed by atoms with Gasteiger partial charge >= 0.3 is 0 Å². The van der Waals surface area contributed by atoms with Crippen LogP contribution in [0.4, 0.5) is 10.1 Å². The van der Waals surface area contributed by atoms with Gasteiger partial charge in [-0.25, -0.2) is 9.38 Å². The van der Waals surface area contributed by atoms with Crippen molar-refractivity contribution in [3.8, 4) is 0 Å². The van der Waals surface area contributed by atoms with Gasteiger partial charge in [-0.15, -0.1) is 0 Å². The summed E-state index contributed by atoms with van der Waals surface area (Å²) in [6.45, 7) is 6.37. The Balaban J connectivity index is 2.31. The van der Waals surface area contributed by atoms with E-state index in [9.17, 15) is 9.18 Å². The van der Waals surface area contributed by atoms with Gasteiger partial charge in [-0.2, -0.15) is 0 Å². The summed E-state index contributed by atoms with van der Waals surface area (Å²) in [7, 11) is 0. The maximum Gasteiger partial charge on any atom is 0.246 e. The Kier molecular flexibility index (Phi) is 8.08. The van der Waals surface area contributed by atoms with Crippen LogP contribution in [0.5, 0.6) is 0 Å². The number of halogens is 1. The quantitative estimate of drug-likeness (QED) is 0.508. The molecule has 0 aliphatic carbocycles. The minimum Gasteiger partial charge on any atom is -0.370 e. The summed E-state index contributed by atoms with van der Waals surface area (Å²) in [5.74, 6) is 0.314. The molecule has 23 heavy (non-hydrogen) atoms. The zero-order valence-electron chi connectivity index (χ0n) is 14.1. The molecule has 0 aromatic heterocycles. The zero-order chi connectivity index (χ0) is 17.2. The number of benzene rings is 1. The number of aliphatic imine (C=N–C) groups is 1. The first kappa shape index (κ1) is 18.9. The highest BCUT2D eigenvalue weighted by Gasteiger charge is 2.05. The van der Waals surface area contributed by atoms with Gasteiger partial charge < -0.3 is 16.4 Å². The van der Waals surface area contributed by atoms with Crippen molar-refractivity contribution in [3.63, 3.8) is 0 Å². The average Bonchev–Trinajstić information content (AvgIpc) is 2.47. The number of nitrogens with two attached hydrogens (primary N) is 1. The molecule has 0 aliphatic rings. The molecule has 0 fully saturated rings. The maximum atomic E-state index is 12.8. The Morgan fingerprint density at radius 1 is 1.22 bits per heavy atom. The van der Waals surface area contributed by atoms with E-state index in [0.717, 1.165) is 12.8 Å². The van der Waals surface area contributed by atoms with Crippen LogP contribution >= 0.6 is 0 Å². The SMILES string of the molecule is CC(C)CCCC(C)NC(N)=NCC(=O)Nc1ccc(F)cc1. The van der Waals surface area contributed by atoms with E-state index in [0.29, 0.717) is 11.6 Å². The molecule has 1 aromatic rings. The number of nitrogens with zero attached hydrogens (tertiary/aromatic N) is 1. The van der Waals surface area contributed by atoms with Crippen LogP contribution in [0, 0.1) is 11.7 Å². The molecule has 0 heterocycles. The Morgan fingerprint density at radius 3 is 2.48 bits per heavy atom. The lowest BCUT2D eigenvalue weighted by molar-refractivity contribution is -0.114. The van der Waals surface area contributed by atoms with Gasteiger partial charge in [-0.3, -0.25) is 4.79 Å². The molecule has 0 radical (unpaired) electrons. The minimum atomic E-state index is -0.346. The molecular weight excluding hydrogens is 295 g/mol. The van der Waals surface area contributed by atoms with E-state index in [4.69, 9.17) is 5.73 Å². The molecule has 1 aromatic carbocycles. The maximum absolute atomic E-state index is 12.8. The van der Waals surface area contributed by atoms with Crippen LogP contribution < -0.4 is 16.4 Å². The molecule has 1 rings (SSSR count). The molecule has 6 heteroatoms. The number of rotatable bonds is 8. The molecule has 0 saturated carbocycles. The molecule has 0 spiro atoms. The fraction of sp³-hybridized carbons (Fsp3) is 0.529. The van der Waals surface area contributed by atoms with Gasteiger partial charge in [0.15, 0.2) is 5.96 Å². The number of nitrogens with one attached hydrogen (secondary N) is 2. The van der Waals surface area contributed by atoms with Crippen molar-refractivity contribution < 1.29 is 9.18 Å². The topological polar surface area (TPSA) is 79.5 Å². The van der Waals surface area contributed by atoms with Crippen molar-refractivity contribution in [1.29, 1.82) is 0 Å². The first-order chi connectivity index (χ1) is 10.9. The smallest absolute Gasteiger partial charge is 0.246 e. The van der Waals surface area contributed by atoms with Crippen molar-refractivity contribution in [2.75, 3.05) is 11.9 Å². The number of carbonyl (C=O) groups excluding carboxylic acids is 1. The van der Waals surface area contributed by atoms with Gasteiger partial charge in [0.05, 0.1) is 0 Å². The van der Waals surface area contributed by atoms with Crippen LogP contribution in [0.1, 0.15) is 40.0 Å². The highest BCUT2D eigenvalue weighted by Crippen LogP contribution is 2.08. The fourth-order valence-corrected chi connectivity index (χ4v) is 2.09. The summed E-state index contributed by atoms with van der Waals surface area (Å²) >= 11 is 0. The molecule has 4 N–H and O–H groups in total. The van der Waals surface area contributed by atoms with E-state index in [2.05, 4.69) is 29.5 Å². The Hall–Kier alpha value is -2.11. The number of amides is 1. The van der Waals surface area contributed by atoms with Gasteiger partial charge in [0.1, 0.15) is 12.4 Å². The third-order valence-corrected chi connectivity index (χ3v) is 3.33. The first-order valence-corrected chi connectivity index (χ1v) is 7.98. The fourth-order valence-electron chi connectivity index (χ4n) is 2.09. The van der Waals surface area contributed by atoms with Gasteiger partial charge in [0.2, 0.25) is 5.91 Å². The summed E-state index contributed by atoms with van der Waals surface area (Å²) < 4.78 is 12.8. The summed E-state index contributed by atoms with van der Waals surface area (Å²) in [5.41, 5.74) is 6.30. The van der Waals surface area contributed by atoms with Crippen LogP contribution in [0.25, 0.3) is 0 Å². The number of hydrogen-bond donors (Lipinski definition) is 3. The van der Waals surface area contributed by atoms with E-state index in [1.54, 1.807) is 0 Å². The van der Waals surface area contributed by atoms with Crippen LogP contribution in [-0.4, -0.2) is 24.5 Å². The molecular formula is C17H27FN4O. The van der Waals surface area contributed by atoms with Crippen molar-refractivity contribution in [1.82, 2.24) is 5.32 Å². The van der Waals surface area contributed by atoms with E-state index in [1.165, 1.54) is 30.7 Å². The minimum absolute atomic E-state index is 0.0745. The van der Waals surface area contributed by atoms with E-state index >= 15 is 0 Å². The van der Waals surface area contributed by atoms with Crippen molar-refractivity contribution in [3.05, 3.63) is 30.1 Å². The van der Waals surface area contributed by atoms with Crippen molar-refractivity contribution >= 4 is 17.6 Å². The summed E-state index contributed by atoms with van der Waals surface area (Å²) in [6.07, 6.45) is 3.32. The second-order valence-electron chi connectivity index (χ2n) is 6.13. The van der Waals surface area contributed by atoms with Crippen LogP contribution in [-0.2, 0) is 4.79 Å². The Morgan fingerprint density at radius 2 is 1.87 bits per heavy atom. The second-order valence-corrected chi connectivity index (χ2v) is 6.13. The Bertz CT molecular complexity index is 514. The highest BCUT2D eigenvalue weighted by atomic mass is 19.1. The van der Waals surface area contributed by atoms with Gasteiger partial charge in [0.25, 0.3) is 0 Å². The molecule has 0 bridgehead atoms. The second kappa shape index (κ2) is 9.82. The molecule has 128 valence electrons. The summed E-state index contributed by atoms with van der Waals surface area (Å²) in [4.78, 5) is 15.8. The molecule has 0 saturated heterocycles. The van der Waals surface area contributed by atoms with E-state index < -0.39 is 0 Å².